The Labute approximate surface area is 336 Å². The van der Waals surface area contributed by atoms with Gasteiger partial charge in [0.2, 0.25) is 0 Å². The van der Waals surface area contributed by atoms with Gasteiger partial charge in [-0.1, -0.05) is 24.1 Å². The fourth-order valence-corrected chi connectivity index (χ4v) is 8.40. The molecule has 2 saturated carbocycles. The molecule has 3 heterocycles. The Bertz CT molecular complexity index is 2710. The molecule has 1 atom stereocenters. The number of fused-ring (bicyclic) bond motifs is 1. The van der Waals surface area contributed by atoms with Gasteiger partial charge in [0.15, 0.2) is 0 Å². The number of nitrogens with two attached hydrogens (primary N) is 1. The molecule has 3 aromatic carbocycles. The Balaban J connectivity index is 0.992. The fourth-order valence-electron chi connectivity index (χ4n) is 7.34. The zero-order chi connectivity index (χ0) is 41.4. The highest BCUT2D eigenvalue weighted by Crippen LogP contribution is 2.34. The van der Waals surface area contributed by atoms with E-state index in [1.54, 1.807) is 29.3 Å². The van der Waals surface area contributed by atoms with Crippen LogP contribution in [-0.2, 0) is 33.0 Å². The van der Waals surface area contributed by atoms with Crippen molar-refractivity contribution in [3.63, 3.8) is 0 Å². The van der Waals surface area contributed by atoms with Crippen molar-refractivity contribution < 1.29 is 37.0 Å². The van der Waals surface area contributed by atoms with Gasteiger partial charge in [-0.15, -0.1) is 0 Å². The highest BCUT2D eigenvalue weighted by Gasteiger charge is 2.34. The zero-order valence-corrected chi connectivity index (χ0v) is 32.7. The van der Waals surface area contributed by atoms with Gasteiger partial charge in [-0.2, -0.15) is 0 Å². The summed E-state index contributed by atoms with van der Waals surface area (Å²) in [6.07, 6.45) is 10.5. The number of hydrogen-bond donors (Lipinski definition) is 4. The number of carbonyl (C=O) groups excluding carboxylic acids is 2. The molecule has 0 spiro atoms. The largest absolute Gasteiger partial charge is 0.461 e. The maximum atomic E-state index is 15.6. The summed E-state index contributed by atoms with van der Waals surface area (Å²) >= 11 is 0. The van der Waals surface area contributed by atoms with E-state index >= 15 is 8.78 Å². The predicted octanol–water partition coefficient (Wildman–Crippen LogP) is 3.43. The van der Waals surface area contributed by atoms with Crippen molar-refractivity contribution in [3.05, 3.63) is 135 Å². The standard InChI is InChI=1S/C41H40F2N8O7S/c1-49-37-22-44-18-17-30(37)39(53)51(41(49)55)27-11-7-24(8-12-27)19-35(40(54)58-28-5-3-2-4-6-28)45-38(52)31-20-33(43)34(21-32(31)42)47-59(56,57)29-15-13-26(14-16-29)50-23-36(46-48-50)25-9-10-25/h7-8,11-18,20-23,25,28,35,46-48H,2-6,9-10,19H2,1H3,(H,45,52)/p+1. The molecular formula is C41H41F2N8O7S+. The average molecular weight is 828 g/mol. The van der Waals surface area contributed by atoms with Crippen molar-refractivity contribution in [1.82, 2.24) is 25.0 Å². The number of hydrogen-bond acceptors (Lipinski definition) is 10. The number of benzene rings is 3. The number of aryl methyl sites for hydroxylation is 1. The third-order valence-corrected chi connectivity index (χ3v) is 12.2. The lowest BCUT2D eigenvalue weighted by Crippen LogP contribution is -2.91. The van der Waals surface area contributed by atoms with E-state index in [0.29, 0.717) is 47.7 Å². The van der Waals surface area contributed by atoms with Crippen LogP contribution in [0.15, 0.2) is 106 Å². The topological polar surface area (TPSA) is 190 Å². The Hall–Kier alpha value is -6.24. The van der Waals surface area contributed by atoms with Gasteiger partial charge in [0, 0.05) is 31.6 Å². The average Bonchev–Trinajstić information content (AvgIpc) is 3.97. The smallest absolute Gasteiger partial charge is 0.335 e. The van der Waals surface area contributed by atoms with E-state index in [4.69, 9.17) is 4.74 Å². The van der Waals surface area contributed by atoms with Gasteiger partial charge in [0.25, 0.3) is 21.5 Å². The highest BCUT2D eigenvalue weighted by atomic mass is 32.2. The first kappa shape index (κ1) is 39.6. The predicted molar refractivity (Wildman–Crippen MR) is 212 cm³/mol. The molecule has 1 aliphatic heterocycles. The highest BCUT2D eigenvalue weighted by molar-refractivity contribution is 7.92. The molecule has 18 heteroatoms. The van der Waals surface area contributed by atoms with Crippen molar-refractivity contribution in [2.24, 2.45) is 13.0 Å². The SMILES string of the molecule is Cn1c(=O)n(-c2ccc(CC(NC(=O)c3cc(F)c(NS(=O)(=O)c4ccc(N5C=C(C6CC6)[NH2+]N5)cc4)cc3F)C(=O)OC3CCCCC3)cc2)c(=O)c2ccncc21. The van der Waals surface area contributed by atoms with Gasteiger partial charge >= 0.3 is 11.7 Å². The first-order valence-corrected chi connectivity index (χ1v) is 20.7. The second-order valence-corrected chi connectivity index (χ2v) is 16.6. The van der Waals surface area contributed by atoms with Crippen LogP contribution in [0.25, 0.3) is 16.6 Å². The number of amides is 1. The zero-order valence-electron chi connectivity index (χ0n) is 31.9. The molecule has 1 amide bonds. The quantitative estimate of drug-likeness (QED) is 0.107. The van der Waals surface area contributed by atoms with Crippen molar-refractivity contribution in [3.8, 4) is 5.69 Å². The number of nitrogens with one attached hydrogen (secondary N) is 3. The Morgan fingerprint density at radius 1 is 0.949 bits per heavy atom. The molecule has 2 fully saturated rings. The molecule has 0 saturated heterocycles. The van der Waals surface area contributed by atoms with Crippen LogP contribution in [0, 0.1) is 17.6 Å². The lowest BCUT2D eigenvalue weighted by Gasteiger charge is -2.25. The van der Waals surface area contributed by atoms with E-state index in [1.807, 2.05) is 11.6 Å². The number of allylic oxidation sites excluding steroid dienone is 1. The van der Waals surface area contributed by atoms with Gasteiger partial charge < -0.3 is 10.1 Å². The Morgan fingerprint density at radius 3 is 2.37 bits per heavy atom. The van der Waals surface area contributed by atoms with Gasteiger partial charge in [-0.25, -0.2) is 41.8 Å². The van der Waals surface area contributed by atoms with Crippen LogP contribution in [0.2, 0.25) is 0 Å². The second-order valence-electron chi connectivity index (χ2n) is 14.9. The molecule has 5 N–H and O–H groups in total. The molecule has 5 aromatic rings. The summed E-state index contributed by atoms with van der Waals surface area (Å²) in [5, 5.41) is 4.52. The molecular weight excluding hydrogens is 787 g/mol. The summed E-state index contributed by atoms with van der Waals surface area (Å²) in [6, 6.07) is 13.3. The van der Waals surface area contributed by atoms with Crippen molar-refractivity contribution >= 4 is 44.2 Å². The van der Waals surface area contributed by atoms with Crippen LogP contribution in [0.1, 0.15) is 60.9 Å². The normalized spacial score (nSPS) is 16.5. The molecule has 0 bridgehead atoms. The number of ether oxygens (including phenoxy) is 1. The van der Waals surface area contributed by atoms with Crippen LogP contribution in [0.3, 0.4) is 0 Å². The monoisotopic (exact) mass is 827 g/mol. The van der Waals surface area contributed by atoms with Crippen LogP contribution < -0.4 is 37.3 Å². The van der Waals surface area contributed by atoms with Crippen LogP contribution in [-0.4, -0.2) is 46.6 Å². The molecule has 306 valence electrons. The summed E-state index contributed by atoms with van der Waals surface area (Å²) in [7, 11) is -2.85. The van der Waals surface area contributed by atoms with E-state index in [-0.39, 0.29) is 28.5 Å². The molecule has 1 unspecified atom stereocenters. The Morgan fingerprint density at radius 2 is 1.66 bits per heavy atom. The summed E-state index contributed by atoms with van der Waals surface area (Å²) < 4.78 is 67.6. The third kappa shape index (κ3) is 8.37. The lowest BCUT2D eigenvalue weighted by atomic mass is 9.97. The maximum absolute atomic E-state index is 15.6. The number of aromatic nitrogens is 3. The van der Waals surface area contributed by atoms with Crippen LogP contribution in [0.5, 0.6) is 0 Å². The molecule has 0 radical (unpaired) electrons. The summed E-state index contributed by atoms with van der Waals surface area (Å²) in [5.41, 5.74) is 5.33. The Kier molecular flexibility index (Phi) is 10.9. The summed E-state index contributed by atoms with van der Waals surface area (Å²) in [6.45, 7) is 0. The van der Waals surface area contributed by atoms with Gasteiger partial charge in [-0.3, -0.25) is 23.9 Å². The van der Waals surface area contributed by atoms with Gasteiger partial charge in [0.05, 0.1) is 50.8 Å². The van der Waals surface area contributed by atoms with E-state index in [0.717, 1.165) is 42.4 Å². The lowest BCUT2D eigenvalue weighted by molar-refractivity contribution is -0.660. The minimum atomic E-state index is -4.38. The van der Waals surface area contributed by atoms with Gasteiger partial charge in [-0.05, 0) is 92.6 Å². The summed E-state index contributed by atoms with van der Waals surface area (Å²) in [5.74, 6) is -3.87. The number of rotatable bonds is 12. The van der Waals surface area contributed by atoms with Crippen LogP contribution >= 0.6 is 0 Å². The maximum Gasteiger partial charge on any atom is 0.335 e. The molecule has 2 aromatic heterocycles. The van der Waals surface area contributed by atoms with E-state index < -0.39 is 62.1 Å². The number of sulfonamides is 1. The number of hydrazine groups is 1. The van der Waals surface area contributed by atoms with Gasteiger partial charge in [0.1, 0.15) is 29.5 Å². The number of halogens is 2. The molecule has 3 aliphatic rings. The number of esters is 1. The molecule has 2 aliphatic carbocycles. The number of pyridine rings is 1. The second kappa shape index (κ2) is 16.2. The summed E-state index contributed by atoms with van der Waals surface area (Å²) in [4.78, 5) is 57.4. The van der Waals surface area contributed by atoms with E-state index in [2.05, 4.69) is 20.6 Å². The first-order valence-electron chi connectivity index (χ1n) is 19.2. The van der Waals surface area contributed by atoms with Crippen molar-refractivity contribution in [2.45, 2.75) is 68.4 Å². The molecule has 15 nitrogen and oxygen atoms in total. The minimum absolute atomic E-state index is 0.140. The molecule has 8 rings (SSSR count). The number of quaternary nitrogens is 1. The van der Waals surface area contributed by atoms with Crippen molar-refractivity contribution in [2.75, 3.05) is 9.73 Å². The van der Waals surface area contributed by atoms with E-state index in [1.165, 1.54) is 54.3 Å². The molecule has 59 heavy (non-hydrogen) atoms. The minimum Gasteiger partial charge on any atom is -0.461 e. The number of carbonyl (C=O) groups is 2. The number of anilines is 2. The van der Waals surface area contributed by atoms with E-state index in [9.17, 15) is 27.6 Å². The third-order valence-electron chi connectivity index (χ3n) is 10.8. The number of nitrogens with zero attached hydrogens (tertiary/aromatic N) is 4. The fraction of sp³-hybridized carbons (Fsp3) is 0.293. The van der Waals surface area contributed by atoms with Crippen molar-refractivity contribution in [1.29, 1.82) is 0 Å². The first-order chi connectivity index (χ1) is 28.4. The van der Waals surface area contributed by atoms with Crippen LogP contribution in [0.4, 0.5) is 20.2 Å².